The Hall–Kier alpha value is -1.69. The lowest BCUT2D eigenvalue weighted by molar-refractivity contribution is -0.132. The van der Waals surface area contributed by atoms with Gasteiger partial charge < -0.3 is 9.42 Å². The quantitative estimate of drug-likeness (QED) is 0.848. The lowest BCUT2D eigenvalue weighted by Gasteiger charge is -2.38. The van der Waals surface area contributed by atoms with Crippen LogP contribution in [0.4, 0.5) is 0 Å². The van der Waals surface area contributed by atoms with Gasteiger partial charge in [-0.05, 0) is 40.0 Å². The van der Waals surface area contributed by atoms with Crippen molar-refractivity contribution in [2.45, 2.75) is 58.8 Å². The summed E-state index contributed by atoms with van der Waals surface area (Å²) in [6.45, 7) is 9.83. The molecule has 0 unspecified atom stereocenters. The molecular formula is C18H25N3O2S. The number of aromatic nitrogens is 2. The topological polar surface area (TPSA) is 59.2 Å². The van der Waals surface area contributed by atoms with Crippen molar-refractivity contribution in [3.63, 3.8) is 0 Å². The Morgan fingerprint density at radius 1 is 1.33 bits per heavy atom. The van der Waals surface area contributed by atoms with Crippen molar-refractivity contribution >= 4 is 17.2 Å². The zero-order valence-corrected chi connectivity index (χ0v) is 15.7. The molecule has 24 heavy (non-hydrogen) atoms. The van der Waals surface area contributed by atoms with E-state index >= 15 is 0 Å². The van der Waals surface area contributed by atoms with Crippen molar-refractivity contribution in [1.82, 2.24) is 15.0 Å². The van der Waals surface area contributed by atoms with E-state index in [1.807, 2.05) is 24.9 Å². The fourth-order valence-corrected chi connectivity index (χ4v) is 4.31. The van der Waals surface area contributed by atoms with Crippen LogP contribution in [-0.4, -0.2) is 34.0 Å². The maximum atomic E-state index is 12.5. The number of rotatable bonds is 4. The number of hydrogen-bond donors (Lipinski definition) is 0. The van der Waals surface area contributed by atoms with Gasteiger partial charge in [0, 0.05) is 41.6 Å². The van der Waals surface area contributed by atoms with Gasteiger partial charge in [-0.3, -0.25) is 4.79 Å². The minimum atomic E-state index is 0.108. The average Bonchev–Trinajstić information content (AvgIpc) is 3.13. The first-order valence-corrected chi connectivity index (χ1v) is 9.33. The standard InChI is InChI=1S/C18H25N3O2S/c1-12-11-19-17(24-12)18(4)7-9-21(10-8-18)16(22)6-5-15-13(2)20-23-14(15)3/h11H,5-10H2,1-4H3. The summed E-state index contributed by atoms with van der Waals surface area (Å²) >= 11 is 1.78. The van der Waals surface area contributed by atoms with Crippen LogP contribution in [0.25, 0.3) is 0 Å². The molecule has 1 amide bonds. The average molecular weight is 347 g/mol. The fourth-order valence-electron chi connectivity index (χ4n) is 3.35. The van der Waals surface area contributed by atoms with E-state index in [1.54, 1.807) is 11.3 Å². The molecule has 0 atom stereocenters. The van der Waals surface area contributed by atoms with Crippen LogP contribution in [0.15, 0.2) is 10.7 Å². The normalized spacial score (nSPS) is 17.2. The van der Waals surface area contributed by atoms with Crippen LogP contribution in [0.3, 0.4) is 0 Å². The molecule has 6 heteroatoms. The van der Waals surface area contributed by atoms with E-state index in [-0.39, 0.29) is 11.3 Å². The van der Waals surface area contributed by atoms with Gasteiger partial charge in [-0.15, -0.1) is 11.3 Å². The number of carbonyl (C=O) groups excluding carboxylic acids is 1. The molecule has 0 radical (unpaired) electrons. The van der Waals surface area contributed by atoms with E-state index in [2.05, 4.69) is 24.0 Å². The predicted molar refractivity (Wildman–Crippen MR) is 94.3 cm³/mol. The number of hydrogen-bond acceptors (Lipinski definition) is 5. The summed E-state index contributed by atoms with van der Waals surface area (Å²) in [5, 5.41) is 5.17. The Balaban J connectivity index is 1.55. The molecule has 1 fully saturated rings. The molecule has 0 aromatic carbocycles. The number of carbonyl (C=O) groups is 1. The third-order valence-corrected chi connectivity index (χ3v) is 6.35. The highest BCUT2D eigenvalue weighted by molar-refractivity contribution is 7.11. The number of aryl methyl sites for hydroxylation is 3. The van der Waals surface area contributed by atoms with Crippen LogP contribution in [0.2, 0.25) is 0 Å². The maximum absolute atomic E-state index is 12.5. The van der Waals surface area contributed by atoms with Crippen molar-refractivity contribution in [3.05, 3.63) is 33.1 Å². The Morgan fingerprint density at radius 3 is 2.58 bits per heavy atom. The first kappa shape index (κ1) is 17.1. The van der Waals surface area contributed by atoms with Gasteiger partial charge in [0.05, 0.1) is 10.7 Å². The Labute approximate surface area is 147 Å². The van der Waals surface area contributed by atoms with Crippen LogP contribution in [0, 0.1) is 20.8 Å². The summed E-state index contributed by atoms with van der Waals surface area (Å²) < 4.78 is 5.17. The van der Waals surface area contributed by atoms with E-state index in [1.165, 1.54) is 9.88 Å². The molecule has 3 rings (SSSR count). The number of amides is 1. The van der Waals surface area contributed by atoms with Crippen LogP contribution in [-0.2, 0) is 16.6 Å². The Kier molecular flexibility index (Phi) is 4.76. The largest absolute Gasteiger partial charge is 0.361 e. The van der Waals surface area contributed by atoms with E-state index in [9.17, 15) is 4.79 Å². The lowest BCUT2D eigenvalue weighted by atomic mass is 9.81. The van der Waals surface area contributed by atoms with Crippen molar-refractivity contribution in [1.29, 1.82) is 0 Å². The number of piperidine rings is 1. The smallest absolute Gasteiger partial charge is 0.222 e. The van der Waals surface area contributed by atoms with Crippen LogP contribution in [0.1, 0.15) is 53.1 Å². The minimum absolute atomic E-state index is 0.108. The zero-order chi connectivity index (χ0) is 17.3. The lowest BCUT2D eigenvalue weighted by Crippen LogP contribution is -2.44. The second-order valence-electron chi connectivity index (χ2n) is 7.02. The van der Waals surface area contributed by atoms with Crippen LogP contribution >= 0.6 is 11.3 Å². The van der Waals surface area contributed by atoms with E-state index < -0.39 is 0 Å². The fraction of sp³-hybridized carbons (Fsp3) is 0.611. The van der Waals surface area contributed by atoms with Crippen molar-refractivity contribution in [2.75, 3.05) is 13.1 Å². The second-order valence-corrected chi connectivity index (χ2v) is 8.26. The highest BCUT2D eigenvalue weighted by Gasteiger charge is 2.35. The van der Waals surface area contributed by atoms with Crippen LogP contribution in [0.5, 0.6) is 0 Å². The molecule has 2 aromatic rings. The molecular weight excluding hydrogens is 322 g/mol. The van der Waals surface area contributed by atoms with E-state index in [4.69, 9.17) is 4.52 Å². The zero-order valence-electron chi connectivity index (χ0n) is 14.9. The molecule has 0 bridgehead atoms. The summed E-state index contributed by atoms with van der Waals surface area (Å²) in [6.07, 6.45) is 5.15. The molecule has 2 aromatic heterocycles. The number of nitrogens with zero attached hydrogens (tertiary/aromatic N) is 3. The molecule has 3 heterocycles. The predicted octanol–water partition coefficient (Wildman–Crippen LogP) is 3.57. The molecule has 0 aliphatic carbocycles. The Bertz CT molecular complexity index is 707. The van der Waals surface area contributed by atoms with Gasteiger partial charge in [0.2, 0.25) is 5.91 Å². The summed E-state index contributed by atoms with van der Waals surface area (Å²) in [5.74, 6) is 1.05. The molecule has 0 saturated carbocycles. The van der Waals surface area contributed by atoms with Crippen molar-refractivity contribution in [2.24, 2.45) is 0 Å². The van der Waals surface area contributed by atoms with Crippen molar-refractivity contribution in [3.8, 4) is 0 Å². The third kappa shape index (κ3) is 3.38. The minimum Gasteiger partial charge on any atom is -0.361 e. The molecule has 130 valence electrons. The number of thiazole rings is 1. The summed E-state index contributed by atoms with van der Waals surface area (Å²) in [6, 6.07) is 0. The van der Waals surface area contributed by atoms with Gasteiger partial charge in [0.15, 0.2) is 0 Å². The monoisotopic (exact) mass is 347 g/mol. The van der Waals surface area contributed by atoms with Gasteiger partial charge in [0.25, 0.3) is 0 Å². The van der Waals surface area contributed by atoms with Gasteiger partial charge >= 0.3 is 0 Å². The highest BCUT2D eigenvalue weighted by atomic mass is 32.1. The van der Waals surface area contributed by atoms with Gasteiger partial charge in [0.1, 0.15) is 5.76 Å². The van der Waals surface area contributed by atoms with Gasteiger partial charge in [-0.2, -0.15) is 0 Å². The van der Waals surface area contributed by atoms with Gasteiger partial charge in [-0.25, -0.2) is 4.98 Å². The summed E-state index contributed by atoms with van der Waals surface area (Å²) in [5.41, 5.74) is 2.08. The van der Waals surface area contributed by atoms with Gasteiger partial charge in [-0.1, -0.05) is 12.1 Å². The third-order valence-electron chi connectivity index (χ3n) is 5.13. The second kappa shape index (κ2) is 6.67. The maximum Gasteiger partial charge on any atom is 0.222 e. The number of likely N-dealkylation sites (tertiary alicyclic amines) is 1. The SMILES string of the molecule is Cc1cnc(C2(C)CCN(C(=O)CCc3c(C)noc3C)CC2)s1. The first-order valence-electron chi connectivity index (χ1n) is 8.51. The summed E-state index contributed by atoms with van der Waals surface area (Å²) in [7, 11) is 0. The van der Waals surface area contributed by atoms with E-state index in [0.717, 1.165) is 42.9 Å². The molecule has 0 spiro atoms. The Morgan fingerprint density at radius 2 is 2.04 bits per heavy atom. The van der Waals surface area contributed by atoms with Crippen molar-refractivity contribution < 1.29 is 9.32 Å². The highest BCUT2D eigenvalue weighted by Crippen LogP contribution is 2.37. The molecule has 1 aliphatic rings. The molecule has 5 nitrogen and oxygen atoms in total. The molecule has 0 N–H and O–H groups in total. The molecule has 1 aliphatic heterocycles. The molecule has 1 saturated heterocycles. The van der Waals surface area contributed by atoms with Crippen LogP contribution < -0.4 is 0 Å². The van der Waals surface area contributed by atoms with E-state index in [0.29, 0.717) is 12.8 Å². The summed E-state index contributed by atoms with van der Waals surface area (Å²) in [4.78, 5) is 20.4. The first-order chi connectivity index (χ1) is 11.4.